The Bertz CT molecular complexity index is 628. The van der Waals surface area contributed by atoms with Crippen LogP contribution in [-0.2, 0) is 0 Å². The molecule has 0 bridgehead atoms. The predicted molar refractivity (Wildman–Crippen MR) is 82.9 cm³/mol. The lowest BCUT2D eigenvalue weighted by atomic mass is 9.89. The number of aromatic nitrogens is 2. The fourth-order valence-corrected chi connectivity index (χ4v) is 2.68. The van der Waals surface area contributed by atoms with Crippen LogP contribution in [0.1, 0.15) is 66.8 Å². The van der Waals surface area contributed by atoms with E-state index >= 15 is 0 Å². The van der Waals surface area contributed by atoms with Crippen molar-refractivity contribution >= 4 is 5.97 Å². The molecule has 0 saturated carbocycles. The van der Waals surface area contributed by atoms with Crippen LogP contribution in [0.3, 0.4) is 0 Å². The molecule has 1 heterocycles. The number of hydrogen-bond donors (Lipinski definition) is 1. The van der Waals surface area contributed by atoms with Gasteiger partial charge in [-0.15, -0.1) is 0 Å². The van der Waals surface area contributed by atoms with Crippen molar-refractivity contribution in [2.45, 2.75) is 46.5 Å². The van der Waals surface area contributed by atoms with Gasteiger partial charge in [0.05, 0.1) is 0 Å². The fourth-order valence-electron chi connectivity index (χ4n) is 2.68. The fraction of sp³-hybridized carbons (Fsp3) is 0.412. The highest BCUT2D eigenvalue weighted by Gasteiger charge is 2.19. The Kier molecular flexibility index (Phi) is 4.46. The van der Waals surface area contributed by atoms with Gasteiger partial charge in [0.1, 0.15) is 5.75 Å². The number of nitrogens with one attached hydrogen (secondary N) is 1. The number of carbonyl (C=O) groups excluding carboxylic acids is 1. The summed E-state index contributed by atoms with van der Waals surface area (Å²) in [6.45, 7) is 10.6. The Labute approximate surface area is 125 Å². The summed E-state index contributed by atoms with van der Waals surface area (Å²) in [4.78, 5) is 18.8. The van der Waals surface area contributed by atoms with Gasteiger partial charge in [0.15, 0.2) is 0 Å². The van der Waals surface area contributed by atoms with Gasteiger partial charge in [-0.1, -0.05) is 33.8 Å². The van der Waals surface area contributed by atoms with Crippen LogP contribution >= 0.6 is 0 Å². The maximum absolute atomic E-state index is 12.1. The number of imidazole rings is 1. The van der Waals surface area contributed by atoms with Crippen LogP contribution < -0.4 is 4.74 Å². The van der Waals surface area contributed by atoms with Crippen molar-refractivity contribution in [3.05, 3.63) is 47.0 Å². The summed E-state index contributed by atoms with van der Waals surface area (Å²) < 4.78 is 5.53. The molecule has 112 valence electrons. The zero-order valence-corrected chi connectivity index (χ0v) is 13.2. The average Bonchev–Trinajstić information content (AvgIpc) is 2.91. The van der Waals surface area contributed by atoms with Crippen molar-refractivity contribution in [1.29, 1.82) is 0 Å². The summed E-state index contributed by atoms with van der Waals surface area (Å²) in [6.07, 6.45) is 3.14. The minimum absolute atomic E-state index is 0.218. The maximum atomic E-state index is 12.1. The van der Waals surface area contributed by atoms with Crippen molar-refractivity contribution < 1.29 is 9.53 Å². The Morgan fingerprint density at radius 1 is 1.19 bits per heavy atom. The molecule has 0 aliphatic rings. The molecule has 0 atom stereocenters. The average molecular weight is 286 g/mol. The monoisotopic (exact) mass is 286 g/mol. The third-order valence-corrected chi connectivity index (χ3v) is 3.61. The summed E-state index contributed by atoms with van der Waals surface area (Å²) in [7, 11) is 0. The van der Waals surface area contributed by atoms with Gasteiger partial charge in [-0.25, -0.2) is 9.78 Å². The molecule has 0 aliphatic carbocycles. The normalized spacial score (nSPS) is 11.2. The largest absolute Gasteiger partial charge is 0.420 e. The van der Waals surface area contributed by atoms with E-state index in [0.29, 0.717) is 11.7 Å². The van der Waals surface area contributed by atoms with Crippen LogP contribution in [0, 0.1) is 6.92 Å². The number of ether oxygens (including phenoxy) is 1. The van der Waals surface area contributed by atoms with Gasteiger partial charge in [0, 0.05) is 18.0 Å². The topological polar surface area (TPSA) is 55.0 Å². The smallest absolute Gasteiger partial charge is 0.379 e. The highest BCUT2D eigenvalue weighted by molar-refractivity contribution is 5.87. The first-order valence-corrected chi connectivity index (χ1v) is 7.26. The molecule has 1 N–H and O–H groups in total. The van der Waals surface area contributed by atoms with Gasteiger partial charge in [-0.2, -0.15) is 0 Å². The molecule has 0 spiro atoms. The quantitative estimate of drug-likeness (QED) is 0.677. The summed E-state index contributed by atoms with van der Waals surface area (Å²) in [5.74, 6) is 1.10. The molecule has 0 aliphatic heterocycles. The van der Waals surface area contributed by atoms with E-state index in [9.17, 15) is 4.79 Å². The van der Waals surface area contributed by atoms with Gasteiger partial charge >= 0.3 is 5.97 Å². The molecule has 2 aromatic rings. The van der Waals surface area contributed by atoms with E-state index in [4.69, 9.17) is 4.74 Å². The SMILES string of the molecule is Cc1c(C(C)C)ccc(OC(=O)c2ncc[nH]2)c1C(C)C. The van der Waals surface area contributed by atoms with Gasteiger partial charge in [0.2, 0.25) is 5.82 Å². The molecule has 4 heteroatoms. The highest BCUT2D eigenvalue weighted by Crippen LogP contribution is 2.34. The molecule has 1 aromatic heterocycles. The lowest BCUT2D eigenvalue weighted by Gasteiger charge is -2.20. The van der Waals surface area contributed by atoms with E-state index in [1.807, 2.05) is 12.1 Å². The minimum Gasteiger partial charge on any atom is -0.420 e. The molecule has 2 rings (SSSR count). The molecular weight excluding hydrogens is 264 g/mol. The first-order chi connectivity index (χ1) is 9.91. The van der Waals surface area contributed by atoms with Crippen LogP contribution in [0.15, 0.2) is 24.5 Å². The third kappa shape index (κ3) is 3.15. The summed E-state index contributed by atoms with van der Waals surface area (Å²) in [5.41, 5.74) is 3.57. The van der Waals surface area contributed by atoms with Crippen LogP contribution in [0.2, 0.25) is 0 Å². The summed E-state index contributed by atoms with van der Waals surface area (Å²) in [6, 6.07) is 3.93. The number of rotatable bonds is 4. The van der Waals surface area contributed by atoms with Gasteiger partial charge in [0.25, 0.3) is 0 Å². The summed E-state index contributed by atoms with van der Waals surface area (Å²) in [5, 5.41) is 0. The standard InChI is InChI=1S/C17H22N2O2/c1-10(2)13-6-7-14(15(11(3)4)12(13)5)21-17(20)16-18-8-9-19-16/h6-11H,1-5H3,(H,18,19). The number of H-pyrrole nitrogens is 1. The van der Waals surface area contributed by atoms with Crippen LogP contribution in [0.4, 0.5) is 0 Å². The molecule has 0 fully saturated rings. The molecule has 0 unspecified atom stereocenters. The second-order valence-electron chi connectivity index (χ2n) is 5.83. The van der Waals surface area contributed by atoms with E-state index in [2.05, 4.69) is 44.6 Å². The van der Waals surface area contributed by atoms with Crippen LogP contribution in [-0.4, -0.2) is 15.9 Å². The number of nitrogens with zero attached hydrogens (tertiary/aromatic N) is 1. The van der Waals surface area contributed by atoms with E-state index in [0.717, 1.165) is 5.56 Å². The first-order valence-electron chi connectivity index (χ1n) is 7.26. The molecule has 0 saturated heterocycles. The molecule has 1 aromatic carbocycles. The minimum atomic E-state index is -0.460. The van der Waals surface area contributed by atoms with E-state index < -0.39 is 5.97 Å². The zero-order valence-electron chi connectivity index (χ0n) is 13.2. The van der Waals surface area contributed by atoms with Gasteiger partial charge in [-0.3, -0.25) is 0 Å². The van der Waals surface area contributed by atoms with Crippen LogP contribution in [0.25, 0.3) is 0 Å². The Hall–Kier alpha value is -2.10. The molecular formula is C17H22N2O2. The van der Waals surface area contributed by atoms with E-state index in [1.165, 1.54) is 17.3 Å². The lowest BCUT2D eigenvalue weighted by Crippen LogP contribution is -2.13. The molecule has 0 radical (unpaired) electrons. The summed E-state index contributed by atoms with van der Waals surface area (Å²) >= 11 is 0. The van der Waals surface area contributed by atoms with E-state index in [-0.39, 0.29) is 11.7 Å². The third-order valence-electron chi connectivity index (χ3n) is 3.61. The molecule has 4 nitrogen and oxygen atoms in total. The second-order valence-corrected chi connectivity index (χ2v) is 5.83. The molecule has 0 amide bonds. The van der Waals surface area contributed by atoms with Gasteiger partial charge in [-0.05, 0) is 36.0 Å². The Morgan fingerprint density at radius 3 is 2.43 bits per heavy atom. The van der Waals surface area contributed by atoms with Gasteiger partial charge < -0.3 is 9.72 Å². The predicted octanol–water partition coefficient (Wildman–Crippen LogP) is 4.18. The Balaban J connectivity index is 2.40. The van der Waals surface area contributed by atoms with Crippen molar-refractivity contribution in [1.82, 2.24) is 9.97 Å². The van der Waals surface area contributed by atoms with Crippen molar-refractivity contribution in [2.75, 3.05) is 0 Å². The highest BCUT2D eigenvalue weighted by atomic mass is 16.5. The van der Waals surface area contributed by atoms with Crippen molar-refractivity contribution in [3.8, 4) is 5.75 Å². The second kappa shape index (κ2) is 6.12. The van der Waals surface area contributed by atoms with Crippen LogP contribution in [0.5, 0.6) is 5.75 Å². The van der Waals surface area contributed by atoms with E-state index in [1.54, 1.807) is 6.20 Å². The first kappa shape index (κ1) is 15.3. The molecule has 21 heavy (non-hydrogen) atoms. The Morgan fingerprint density at radius 2 is 1.90 bits per heavy atom. The van der Waals surface area contributed by atoms with Crippen molar-refractivity contribution in [3.63, 3.8) is 0 Å². The number of esters is 1. The van der Waals surface area contributed by atoms with Crippen molar-refractivity contribution in [2.24, 2.45) is 0 Å². The lowest BCUT2D eigenvalue weighted by molar-refractivity contribution is 0.0721. The number of benzene rings is 1. The maximum Gasteiger partial charge on any atom is 0.379 e. The zero-order chi connectivity index (χ0) is 15.6. The number of carbonyl (C=O) groups is 1. The number of hydrogen-bond acceptors (Lipinski definition) is 3. The number of aromatic amines is 1.